The van der Waals surface area contributed by atoms with Gasteiger partial charge in [0.2, 0.25) is 0 Å². The van der Waals surface area contributed by atoms with Crippen LogP contribution in [0.25, 0.3) is 0 Å². The molecule has 0 fully saturated rings. The molecule has 0 atom stereocenters. The van der Waals surface area contributed by atoms with Crippen LogP contribution in [0, 0.1) is 6.92 Å². The summed E-state index contributed by atoms with van der Waals surface area (Å²) in [6, 6.07) is 3.88. The highest BCUT2D eigenvalue weighted by atomic mass is 32.2. The van der Waals surface area contributed by atoms with Crippen molar-refractivity contribution in [3.63, 3.8) is 0 Å². The highest BCUT2D eigenvalue weighted by Gasteiger charge is 2.06. The Morgan fingerprint density at radius 3 is 2.67 bits per heavy atom. The van der Waals surface area contributed by atoms with Gasteiger partial charge in [-0.15, -0.1) is 0 Å². The van der Waals surface area contributed by atoms with Crippen molar-refractivity contribution in [2.24, 2.45) is 0 Å². The summed E-state index contributed by atoms with van der Waals surface area (Å²) in [5.41, 5.74) is 1.12. The number of pyridine rings is 1. The molecule has 0 radical (unpaired) electrons. The van der Waals surface area contributed by atoms with Gasteiger partial charge in [0, 0.05) is 18.1 Å². The maximum Gasteiger partial charge on any atom is 0.265 e. The van der Waals surface area contributed by atoms with Crippen molar-refractivity contribution in [2.75, 3.05) is 5.75 Å². The van der Waals surface area contributed by atoms with Crippen molar-refractivity contribution in [2.45, 2.75) is 19.9 Å². The second-order valence-corrected chi connectivity index (χ2v) is 4.83. The van der Waals surface area contributed by atoms with E-state index in [0.717, 1.165) is 5.56 Å². The molecule has 86 valence electrons. The van der Waals surface area contributed by atoms with E-state index in [-0.39, 0.29) is 11.2 Å². The Labute approximate surface area is 89.4 Å². The predicted molar refractivity (Wildman–Crippen MR) is 54.3 cm³/mol. The molecule has 0 saturated carbocycles. The van der Waals surface area contributed by atoms with Crippen LogP contribution in [0.4, 0.5) is 0 Å². The fourth-order valence-corrected chi connectivity index (χ4v) is 1.72. The lowest BCUT2D eigenvalue weighted by Gasteiger charge is -1.96. The third-order valence-corrected chi connectivity index (χ3v) is 2.63. The molecule has 5 nitrogen and oxygen atoms in total. The maximum atomic E-state index is 10.4. The minimum atomic E-state index is -3.82. The number of aryl methyl sites for hydroxylation is 2. The highest BCUT2D eigenvalue weighted by Crippen LogP contribution is 1.92. The lowest BCUT2D eigenvalue weighted by Crippen LogP contribution is -2.33. The van der Waals surface area contributed by atoms with Crippen LogP contribution in [-0.2, 0) is 16.7 Å². The van der Waals surface area contributed by atoms with E-state index in [1.165, 1.54) is 0 Å². The van der Waals surface area contributed by atoms with E-state index >= 15 is 0 Å². The van der Waals surface area contributed by atoms with Gasteiger partial charge in [-0.1, -0.05) is 0 Å². The smallest absolute Gasteiger partial charge is 0.265 e. The fraction of sp³-hybridized carbons (Fsp3) is 0.444. The average molecular weight is 233 g/mol. The summed E-state index contributed by atoms with van der Waals surface area (Å²) >= 11 is 0. The summed E-state index contributed by atoms with van der Waals surface area (Å²) in [5, 5.41) is 0. The average Bonchev–Trinajstić information content (AvgIpc) is 2.01. The topological polar surface area (TPSA) is 88.2 Å². The zero-order valence-electron chi connectivity index (χ0n) is 8.50. The summed E-state index contributed by atoms with van der Waals surface area (Å²) < 4.78 is 31.3. The molecular formula is C9H15NO4S. The van der Waals surface area contributed by atoms with Crippen LogP contribution in [0.1, 0.15) is 12.0 Å². The Balaban J connectivity index is 0.00000196. The van der Waals surface area contributed by atoms with E-state index < -0.39 is 10.1 Å². The standard InChI is InChI=1S/C9H13NO3S.H2O/c1-9-4-2-5-10(8-9)6-3-7-14(11,12)13;/h2,4-5,8H,3,6-7H2,1H3;1H2. The van der Waals surface area contributed by atoms with Gasteiger partial charge in [0.15, 0.2) is 12.4 Å². The van der Waals surface area contributed by atoms with Crippen molar-refractivity contribution in [1.29, 1.82) is 0 Å². The van der Waals surface area contributed by atoms with Gasteiger partial charge >= 0.3 is 0 Å². The molecule has 0 aliphatic rings. The number of hydrogen-bond acceptors (Lipinski definition) is 3. The molecule has 0 aromatic carbocycles. The van der Waals surface area contributed by atoms with Gasteiger partial charge in [0.1, 0.15) is 6.54 Å². The maximum absolute atomic E-state index is 10.4. The van der Waals surface area contributed by atoms with Crippen molar-refractivity contribution in [1.82, 2.24) is 0 Å². The van der Waals surface area contributed by atoms with Crippen molar-refractivity contribution in [3.05, 3.63) is 30.1 Å². The Kier molecular flexibility index (Phi) is 5.41. The van der Waals surface area contributed by atoms with E-state index in [2.05, 4.69) is 0 Å². The quantitative estimate of drug-likeness (QED) is 0.601. The van der Waals surface area contributed by atoms with Crippen LogP contribution in [0.3, 0.4) is 0 Å². The van der Waals surface area contributed by atoms with Gasteiger partial charge in [-0.3, -0.25) is 4.55 Å². The molecule has 0 aliphatic carbocycles. The van der Waals surface area contributed by atoms with E-state index in [4.69, 9.17) is 4.55 Å². The number of nitrogens with zero attached hydrogens (tertiary/aromatic N) is 1. The zero-order valence-corrected chi connectivity index (χ0v) is 9.31. The Hall–Kier alpha value is -0.980. The Morgan fingerprint density at radius 2 is 2.13 bits per heavy atom. The van der Waals surface area contributed by atoms with Gasteiger partial charge < -0.3 is 5.48 Å². The van der Waals surface area contributed by atoms with Crippen LogP contribution in [0.5, 0.6) is 0 Å². The number of hydrogen-bond donors (Lipinski definition) is 1. The Bertz CT molecular complexity index is 402. The van der Waals surface area contributed by atoms with Crippen LogP contribution in [-0.4, -0.2) is 24.2 Å². The van der Waals surface area contributed by atoms with Crippen LogP contribution in [0.15, 0.2) is 24.5 Å². The van der Waals surface area contributed by atoms with Crippen LogP contribution in [0.2, 0.25) is 0 Å². The molecule has 2 N–H and O–H groups in total. The van der Waals surface area contributed by atoms with Gasteiger partial charge in [-0.25, -0.2) is 4.57 Å². The second kappa shape index (κ2) is 5.79. The molecule has 1 aromatic heterocycles. The lowest BCUT2D eigenvalue weighted by molar-refractivity contribution is -0.697. The van der Waals surface area contributed by atoms with Crippen LogP contribution < -0.4 is 4.57 Å². The molecule has 6 heteroatoms. The van der Waals surface area contributed by atoms with Crippen molar-refractivity contribution >= 4 is 10.1 Å². The van der Waals surface area contributed by atoms with Crippen molar-refractivity contribution < 1.29 is 23.0 Å². The minimum absolute atomic E-state index is 0. The minimum Gasteiger partial charge on any atom is -0.870 e. The third-order valence-electron chi connectivity index (χ3n) is 1.82. The first kappa shape index (κ1) is 14.0. The predicted octanol–water partition coefficient (Wildman–Crippen LogP) is 0.384. The highest BCUT2D eigenvalue weighted by molar-refractivity contribution is 7.85. The normalized spacial score (nSPS) is 10.8. The molecule has 15 heavy (non-hydrogen) atoms. The van der Waals surface area contributed by atoms with Crippen LogP contribution >= 0.6 is 0 Å². The molecule has 0 spiro atoms. The van der Waals surface area contributed by atoms with Gasteiger partial charge in [0.25, 0.3) is 10.1 Å². The molecule has 1 aromatic rings. The molecular weight excluding hydrogens is 218 g/mol. The first-order valence-corrected chi connectivity index (χ1v) is 5.99. The fourth-order valence-electron chi connectivity index (χ4n) is 1.22. The zero-order chi connectivity index (χ0) is 10.6. The molecule has 0 unspecified atom stereocenters. The summed E-state index contributed by atoms with van der Waals surface area (Å²) in [5.74, 6) is -0.187. The summed E-state index contributed by atoms with van der Waals surface area (Å²) in [6.45, 7) is 2.57. The summed E-state index contributed by atoms with van der Waals surface area (Å²) in [6.07, 6.45) is 4.23. The number of rotatable bonds is 4. The SMILES string of the molecule is Cc1ccc[n+](CCCS(=O)(=O)O)c1.[OH-]. The monoisotopic (exact) mass is 233 g/mol. The van der Waals surface area contributed by atoms with E-state index in [1.54, 1.807) is 0 Å². The summed E-state index contributed by atoms with van der Waals surface area (Å²) in [7, 11) is -3.82. The molecule has 0 aliphatic heterocycles. The number of aromatic nitrogens is 1. The molecule has 0 amide bonds. The molecule has 0 bridgehead atoms. The first-order valence-electron chi connectivity index (χ1n) is 4.38. The van der Waals surface area contributed by atoms with E-state index in [1.807, 2.05) is 36.0 Å². The molecule has 0 saturated heterocycles. The second-order valence-electron chi connectivity index (χ2n) is 3.26. The van der Waals surface area contributed by atoms with E-state index in [0.29, 0.717) is 13.0 Å². The summed E-state index contributed by atoms with van der Waals surface area (Å²) in [4.78, 5) is 0. The van der Waals surface area contributed by atoms with Gasteiger partial charge in [-0.05, 0) is 13.0 Å². The first-order chi connectivity index (χ1) is 6.47. The van der Waals surface area contributed by atoms with E-state index in [9.17, 15) is 8.42 Å². The molecule has 1 rings (SSSR count). The lowest BCUT2D eigenvalue weighted by atomic mass is 10.3. The third kappa shape index (κ3) is 6.16. The van der Waals surface area contributed by atoms with Gasteiger partial charge in [-0.2, -0.15) is 8.42 Å². The Morgan fingerprint density at radius 1 is 1.47 bits per heavy atom. The largest absolute Gasteiger partial charge is 0.870 e. The van der Waals surface area contributed by atoms with Crippen molar-refractivity contribution in [3.8, 4) is 0 Å². The molecule has 1 heterocycles. The van der Waals surface area contributed by atoms with Gasteiger partial charge in [0.05, 0.1) is 5.75 Å².